The summed E-state index contributed by atoms with van der Waals surface area (Å²) in [4.78, 5) is 18.0. The molecule has 0 amide bonds. The van der Waals surface area contributed by atoms with E-state index in [0.717, 1.165) is 31.0 Å². The summed E-state index contributed by atoms with van der Waals surface area (Å²) in [6.45, 7) is 3.01. The number of nitrogens with zero attached hydrogens (tertiary/aromatic N) is 2. The van der Waals surface area contributed by atoms with Gasteiger partial charge in [-0.25, -0.2) is 0 Å². The highest BCUT2D eigenvalue weighted by Gasteiger charge is 2.30. The first kappa shape index (κ1) is 13.0. The van der Waals surface area contributed by atoms with Gasteiger partial charge in [0.25, 0.3) is 5.56 Å². The Balaban J connectivity index is 1.74. The predicted molar refractivity (Wildman–Crippen MR) is 92.9 cm³/mol. The summed E-state index contributed by atoms with van der Waals surface area (Å²) in [7, 11) is 0. The van der Waals surface area contributed by atoms with Crippen molar-refractivity contribution < 1.29 is 0 Å². The van der Waals surface area contributed by atoms with Crippen molar-refractivity contribution in [1.29, 1.82) is 0 Å². The molecule has 1 unspecified atom stereocenters. The molecule has 4 nitrogen and oxygen atoms in total. The first-order chi connectivity index (χ1) is 11.3. The van der Waals surface area contributed by atoms with Gasteiger partial charge in [0.2, 0.25) is 0 Å². The van der Waals surface area contributed by atoms with E-state index in [2.05, 4.69) is 34.1 Å². The zero-order chi connectivity index (χ0) is 15.4. The van der Waals surface area contributed by atoms with E-state index < -0.39 is 0 Å². The van der Waals surface area contributed by atoms with Crippen LogP contribution in [-0.2, 0) is 6.54 Å². The molecule has 2 bridgehead atoms. The molecule has 1 fully saturated rings. The molecule has 0 spiro atoms. The van der Waals surface area contributed by atoms with Crippen LogP contribution in [0.5, 0.6) is 0 Å². The molecule has 0 radical (unpaired) electrons. The molecular weight excluding hydrogens is 286 g/mol. The largest absolute Gasteiger partial charge is 0.361 e. The average Bonchev–Trinajstić information content (AvgIpc) is 3.04. The minimum absolute atomic E-state index is 0.128. The van der Waals surface area contributed by atoms with Gasteiger partial charge >= 0.3 is 0 Å². The molecule has 1 aromatic carbocycles. The van der Waals surface area contributed by atoms with E-state index in [1.807, 2.05) is 16.8 Å². The number of benzene rings is 1. The fourth-order valence-corrected chi connectivity index (χ4v) is 4.20. The third kappa shape index (κ3) is 1.94. The lowest BCUT2D eigenvalue weighted by molar-refractivity contribution is 0.329. The molecule has 2 aromatic heterocycles. The van der Waals surface area contributed by atoms with Gasteiger partial charge in [0.15, 0.2) is 0 Å². The third-order valence-corrected chi connectivity index (χ3v) is 5.28. The summed E-state index contributed by atoms with van der Waals surface area (Å²) < 4.78 is 1.99. The van der Waals surface area contributed by atoms with Gasteiger partial charge in [-0.2, -0.15) is 0 Å². The Morgan fingerprint density at radius 1 is 1.09 bits per heavy atom. The normalized spacial score (nSPS) is 19.8. The first-order valence-corrected chi connectivity index (χ1v) is 8.36. The maximum Gasteiger partial charge on any atom is 0.252 e. The van der Waals surface area contributed by atoms with Crippen LogP contribution in [0.4, 0.5) is 5.82 Å². The second-order valence-corrected chi connectivity index (χ2v) is 6.75. The van der Waals surface area contributed by atoms with Crippen LogP contribution in [0.2, 0.25) is 0 Å². The van der Waals surface area contributed by atoms with E-state index >= 15 is 0 Å². The highest BCUT2D eigenvalue weighted by atomic mass is 16.1. The smallest absolute Gasteiger partial charge is 0.252 e. The van der Waals surface area contributed by atoms with Crippen LogP contribution in [0.1, 0.15) is 12.8 Å². The quantitative estimate of drug-likeness (QED) is 0.750. The summed E-state index contributed by atoms with van der Waals surface area (Å²) in [6.07, 6.45) is 4.43. The van der Waals surface area contributed by atoms with Crippen LogP contribution < -0.4 is 10.5 Å². The minimum atomic E-state index is 0.128. The van der Waals surface area contributed by atoms with Crippen LogP contribution in [0, 0.1) is 5.92 Å². The lowest BCUT2D eigenvalue weighted by Gasteiger charge is -2.42. The van der Waals surface area contributed by atoms with Crippen LogP contribution in [0.15, 0.2) is 47.4 Å². The number of hydrogen-bond donors (Lipinski definition) is 1. The molecule has 116 valence electrons. The summed E-state index contributed by atoms with van der Waals surface area (Å²) in [6, 6.07) is 12.3. The lowest BCUT2D eigenvalue weighted by atomic mass is 9.93. The second-order valence-electron chi connectivity index (χ2n) is 6.75. The second kappa shape index (κ2) is 4.75. The number of pyridine rings is 1. The molecule has 1 N–H and O–H groups in total. The fourth-order valence-electron chi connectivity index (χ4n) is 4.20. The Kier molecular flexibility index (Phi) is 2.68. The van der Waals surface area contributed by atoms with E-state index in [1.54, 1.807) is 6.07 Å². The molecule has 2 aliphatic rings. The van der Waals surface area contributed by atoms with Gasteiger partial charge in [-0.1, -0.05) is 6.07 Å². The van der Waals surface area contributed by atoms with Gasteiger partial charge in [-0.05, 0) is 54.0 Å². The van der Waals surface area contributed by atoms with Gasteiger partial charge in [-0.3, -0.25) is 9.36 Å². The predicted octanol–water partition coefficient (Wildman–Crippen LogP) is 3.23. The van der Waals surface area contributed by atoms with Crippen molar-refractivity contribution in [2.45, 2.75) is 19.4 Å². The molecular formula is C19H19N3O. The van der Waals surface area contributed by atoms with E-state index in [0.29, 0.717) is 5.92 Å². The molecule has 1 atom stereocenters. The molecule has 4 heterocycles. The van der Waals surface area contributed by atoms with Crippen LogP contribution >= 0.6 is 0 Å². The van der Waals surface area contributed by atoms with Crippen LogP contribution in [0.3, 0.4) is 0 Å². The minimum Gasteiger partial charge on any atom is -0.361 e. The summed E-state index contributed by atoms with van der Waals surface area (Å²) in [5.41, 5.74) is 3.63. The standard InChI is InChI=1S/C19H19N3O/c23-18-6-4-16(14-3-5-17-15(10-14)7-8-20-17)19-21-9-1-2-13(11-21)12-22(18)19/h3-8,10,13,20H,1-2,9,11-12H2. The zero-order valence-electron chi connectivity index (χ0n) is 13.0. The third-order valence-electron chi connectivity index (χ3n) is 5.28. The van der Waals surface area contributed by atoms with Crippen molar-refractivity contribution in [3.8, 4) is 11.1 Å². The van der Waals surface area contributed by atoms with E-state index in [-0.39, 0.29) is 5.56 Å². The summed E-state index contributed by atoms with van der Waals surface area (Å²) in [5, 5.41) is 1.21. The summed E-state index contributed by atoms with van der Waals surface area (Å²) >= 11 is 0. The molecule has 4 heteroatoms. The molecule has 0 saturated carbocycles. The highest BCUT2D eigenvalue weighted by Crippen LogP contribution is 2.37. The number of hydrogen-bond acceptors (Lipinski definition) is 2. The lowest BCUT2D eigenvalue weighted by Crippen LogP contribution is -2.46. The number of rotatable bonds is 1. The Hall–Kier alpha value is -2.49. The first-order valence-electron chi connectivity index (χ1n) is 8.36. The molecule has 23 heavy (non-hydrogen) atoms. The molecule has 1 saturated heterocycles. The number of aromatic amines is 1. The Bertz CT molecular complexity index is 953. The number of fused-ring (bicyclic) bond motifs is 5. The number of nitrogens with one attached hydrogen (secondary N) is 1. The van der Waals surface area contributed by atoms with Crippen molar-refractivity contribution in [3.63, 3.8) is 0 Å². The molecule has 0 aliphatic carbocycles. The van der Waals surface area contributed by atoms with Crippen molar-refractivity contribution in [2.24, 2.45) is 5.92 Å². The van der Waals surface area contributed by atoms with Gasteiger partial charge in [0, 0.05) is 43.0 Å². The maximum atomic E-state index is 12.4. The highest BCUT2D eigenvalue weighted by molar-refractivity contribution is 5.87. The molecule has 2 aliphatic heterocycles. The van der Waals surface area contributed by atoms with E-state index in [4.69, 9.17) is 0 Å². The van der Waals surface area contributed by atoms with E-state index in [1.165, 1.54) is 29.4 Å². The van der Waals surface area contributed by atoms with Crippen LogP contribution in [-0.4, -0.2) is 22.6 Å². The number of aromatic nitrogens is 2. The number of piperidine rings is 1. The Morgan fingerprint density at radius 2 is 2.04 bits per heavy atom. The monoisotopic (exact) mass is 305 g/mol. The van der Waals surface area contributed by atoms with Crippen molar-refractivity contribution in [3.05, 3.63) is 52.9 Å². The molecule has 3 aromatic rings. The number of H-pyrrole nitrogens is 1. The topological polar surface area (TPSA) is 41.0 Å². The van der Waals surface area contributed by atoms with Gasteiger partial charge < -0.3 is 9.88 Å². The maximum absolute atomic E-state index is 12.4. The molecule has 5 rings (SSSR count). The summed E-state index contributed by atoms with van der Waals surface area (Å²) in [5.74, 6) is 1.74. The van der Waals surface area contributed by atoms with Crippen LogP contribution in [0.25, 0.3) is 22.0 Å². The Labute approximate surface area is 134 Å². The van der Waals surface area contributed by atoms with Crippen molar-refractivity contribution in [1.82, 2.24) is 9.55 Å². The Morgan fingerprint density at radius 3 is 3.00 bits per heavy atom. The SMILES string of the molecule is O=c1ccc(-c2ccc3[nH]ccc3c2)c2n1CC1CCCN2C1. The fraction of sp³-hybridized carbons (Fsp3) is 0.316. The van der Waals surface area contributed by atoms with E-state index in [9.17, 15) is 4.79 Å². The van der Waals surface area contributed by atoms with Gasteiger partial charge in [0.1, 0.15) is 5.82 Å². The zero-order valence-corrected chi connectivity index (χ0v) is 13.0. The van der Waals surface area contributed by atoms with Crippen molar-refractivity contribution in [2.75, 3.05) is 18.0 Å². The van der Waals surface area contributed by atoms with Gasteiger partial charge in [0.05, 0.1) is 0 Å². The number of anilines is 1. The average molecular weight is 305 g/mol. The van der Waals surface area contributed by atoms with Crippen molar-refractivity contribution >= 4 is 16.7 Å². The van der Waals surface area contributed by atoms with Gasteiger partial charge in [-0.15, -0.1) is 0 Å².